The molecule has 0 amide bonds. The lowest BCUT2D eigenvalue weighted by atomic mass is 10.2. The highest BCUT2D eigenvalue weighted by Gasteiger charge is 2.26. The highest BCUT2D eigenvalue weighted by molar-refractivity contribution is 7.80. The van der Waals surface area contributed by atoms with Crippen molar-refractivity contribution in [1.82, 2.24) is 15.0 Å². The first kappa shape index (κ1) is 15.9. The molecule has 2 heterocycles. The third-order valence-corrected chi connectivity index (χ3v) is 4.45. The predicted octanol–water partition coefficient (Wildman–Crippen LogP) is 4.44. The smallest absolute Gasteiger partial charge is 0.324 e. The van der Waals surface area contributed by atoms with Gasteiger partial charge in [0.1, 0.15) is 11.6 Å². The highest BCUT2D eigenvalue weighted by Crippen LogP contribution is 2.40. The van der Waals surface area contributed by atoms with E-state index in [9.17, 15) is 0 Å². The third kappa shape index (κ3) is 4.09. The molecule has 5 nitrogen and oxygen atoms in total. The molecule has 0 aliphatic heterocycles. The molecule has 4 rings (SSSR count). The topological polar surface area (TPSA) is 59.9 Å². The van der Waals surface area contributed by atoms with Crippen molar-refractivity contribution in [3.05, 3.63) is 66.1 Å². The Morgan fingerprint density at radius 2 is 2.00 bits per heavy atom. The fraction of sp³-hybridized carbons (Fsp3) is 0.211. The van der Waals surface area contributed by atoms with Gasteiger partial charge in [0, 0.05) is 29.6 Å². The van der Waals surface area contributed by atoms with Gasteiger partial charge in [0.2, 0.25) is 0 Å². The lowest BCUT2D eigenvalue weighted by Crippen LogP contribution is -2.05. The van der Waals surface area contributed by atoms with E-state index in [0.29, 0.717) is 24.2 Å². The number of ether oxygens (including phenoxy) is 1. The van der Waals surface area contributed by atoms with Gasteiger partial charge < -0.3 is 10.1 Å². The highest BCUT2D eigenvalue weighted by atomic mass is 32.1. The van der Waals surface area contributed by atoms with Gasteiger partial charge in [-0.2, -0.15) is 9.97 Å². The molecule has 1 N–H and O–H groups in total. The summed E-state index contributed by atoms with van der Waals surface area (Å²) in [6.07, 6.45) is 5.69. The summed E-state index contributed by atoms with van der Waals surface area (Å²) >= 11 is 4.49. The maximum absolute atomic E-state index is 5.77. The molecule has 0 bridgehead atoms. The summed E-state index contributed by atoms with van der Waals surface area (Å²) in [5, 5.41) is 3.36. The van der Waals surface area contributed by atoms with Crippen LogP contribution in [0.2, 0.25) is 0 Å². The number of aromatic nitrogens is 3. The Bertz CT molecular complexity index is 868. The number of nitrogens with one attached hydrogen (secondary N) is 1. The number of nitrogens with zero attached hydrogens (tertiary/aromatic N) is 3. The summed E-state index contributed by atoms with van der Waals surface area (Å²) in [6, 6.07) is 14.0. The minimum atomic E-state index is 0.346. The molecule has 6 heteroatoms. The monoisotopic (exact) mass is 350 g/mol. The average molecular weight is 350 g/mol. The van der Waals surface area contributed by atoms with Gasteiger partial charge in [-0.25, -0.2) is 0 Å². The zero-order valence-electron chi connectivity index (χ0n) is 13.6. The maximum Gasteiger partial charge on any atom is 0.324 e. The first-order chi connectivity index (χ1) is 12.3. The van der Waals surface area contributed by atoms with Gasteiger partial charge in [-0.15, -0.1) is 12.6 Å². The number of rotatable bonds is 6. The average Bonchev–Trinajstić information content (AvgIpc) is 3.47. The van der Waals surface area contributed by atoms with Gasteiger partial charge in [0.05, 0.1) is 11.9 Å². The maximum atomic E-state index is 5.77. The quantitative estimate of drug-likeness (QED) is 0.644. The standard InChI is InChI=1S/C19H18N4OS/c25-17-6-2-1-4-14(17)11-21-18-10-16(13-7-8-13)22-19(23-18)24-15-5-3-9-20-12-15/h1-6,9-10,12-13,25H,7-8,11H2,(H,21,22,23). The number of hydrogen-bond donors (Lipinski definition) is 2. The number of thiol groups is 1. The molecular formula is C19H18N4OS. The zero-order valence-corrected chi connectivity index (χ0v) is 14.5. The number of pyridine rings is 1. The van der Waals surface area contributed by atoms with Gasteiger partial charge in [-0.1, -0.05) is 18.2 Å². The van der Waals surface area contributed by atoms with Gasteiger partial charge in [0.15, 0.2) is 0 Å². The fourth-order valence-corrected chi connectivity index (χ4v) is 2.77. The van der Waals surface area contributed by atoms with Gasteiger partial charge in [0.25, 0.3) is 0 Å². The van der Waals surface area contributed by atoms with Crippen molar-refractivity contribution in [2.75, 3.05) is 5.32 Å². The summed E-state index contributed by atoms with van der Waals surface area (Å²) in [7, 11) is 0. The van der Waals surface area contributed by atoms with Crippen LogP contribution in [0.3, 0.4) is 0 Å². The fourth-order valence-electron chi connectivity index (χ4n) is 2.53. The number of hydrogen-bond acceptors (Lipinski definition) is 6. The zero-order chi connectivity index (χ0) is 17.1. The van der Waals surface area contributed by atoms with Gasteiger partial charge in [-0.3, -0.25) is 4.98 Å². The van der Waals surface area contributed by atoms with Crippen LogP contribution in [0.1, 0.15) is 30.0 Å². The molecule has 3 aromatic rings. The van der Waals surface area contributed by atoms with Crippen LogP contribution in [0.15, 0.2) is 59.8 Å². The summed E-state index contributed by atoms with van der Waals surface area (Å²) in [5.74, 6) is 1.89. The largest absolute Gasteiger partial charge is 0.423 e. The van der Waals surface area contributed by atoms with E-state index in [1.54, 1.807) is 12.4 Å². The Balaban J connectivity index is 1.55. The minimum Gasteiger partial charge on any atom is -0.423 e. The summed E-state index contributed by atoms with van der Waals surface area (Å²) < 4.78 is 5.77. The van der Waals surface area contributed by atoms with E-state index in [1.807, 2.05) is 42.5 Å². The minimum absolute atomic E-state index is 0.346. The van der Waals surface area contributed by atoms with Crippen molar-refractivity contribution in [2.45, 2.75) is 30.2 Å². The molecule has 1 saturated carbocycles. The molecule has 0 saturated heterocycles. The Morgan fingerprint density at radius 1 is 1.12 bits per heavy atom. The number of anilines is 1. The Labute approximate surface area is 151 Å². The number of benzene rings is 1. The van der Waals surface area contributed by atoms with E-state index in [0.717, 1.165) is 22.0 Å². The molecule has 25 heavy (non-hydrogen) atoms. The predicted molar refractivity (Wildman–Crippen MR) is 99.3 cm³/mol. The first-order valence-corrected chi connectivity index (χ1v) is 8.70. The van der Waals surface area contributed by atoms with Crippen LogP contribution in [0.4, 0.5) is 5.82 Å². The normalized spacial score (nSPS) is 13.5. The summed E-state index contributed by atoms with van der Waals surface area (Å²) in [4.78, 5) is 14.0. The third-order valence-electron chi connectivity index (χ3n) is 4.02. The SMILES string of the molecule is Sc1ccccc1CNc1cc(C2CC2)nc(Oc2cccnc2)n1. The van der Waals surface area contributed by atoms with E-state index in [1.165, 1.54) is 12.8 Å². The lowest BCUT2D eigenvalue weighted by molar-refractivity contribution is 0.438. The molecule has 0 spiro atoms. The molecule has 1 aliphatic carbocycles. The molecule has 1 fully saturated rings. The van der Waals surface area contributed by atoms with E-state index < -0.39 is 0 Å². The molecule has 0 radical (unpaired) electrons. The van der Waals surface area contributed by atoms with Crippen molar-refractivity contribution in [3.8, 4) is 11.8 Å². The van der Waals surface area contributed by atoms with Crippen molar-refractivity contribution in [3.63, 3.8) is 0 Å². The van der Waals surface area contributed by atoms with E-state index in [-0.39, 0.29) is 0 Å². The molecule has 1 aromatic carbocycles. The second kappa shape index (κ2) is 7.11. The summed E-state index contributed by atoms with van der Waals surface area (Å²) in [6.45, 7) is 0.646. The van der Waals surface area contributed by atoms with E-state index >= 15 is 0 Å². The molecular weight excluding hydrogens is 332 g/mol. The van der Waals surface area contributed by atoms with Crippen LogP contribution in [0, 0.1) is 0 Å². The van der Waals surface area contributed by atoms with Crippen molar-refractivity contribution in [1.29, 1.82) is 0 Å². The van der Waals surface area contributed by atoms with Crippen molar-refractivity contribution >= 4 is 18.4 Å². The molecule has 126 valence electrons. The van der Waals surface area contributed by atoms with E-state index in [4.69, 9.17) is 4.74 Å². The Kier molecular flexibility index (Phi) is 4.52. The molecule has 1 aliphatic rings. The summed E-state index contributed by atoms with van der Waals surface area (Å²) in [5.41, 5.74) is 2.14. The second-order valence-corrected chi connectivity index (χ2v) is 6.49. The van der Waals surface area contributed by atoms with Crippen LogP contribution in [0.25, 0.3) is 0 Å². The second-order valence-electron chi connectivity index (χ2n) is 6.01. The molecule has 2 aromatic heterocycles. The van der Waals surface area contributed by atoms with Crippen LogP contribution < -0.4 is 10.1 Å². The van der Waals surface area contributed by atoms with Gasteiger partial charge >= 0.3 is 6.01 Å². The van der Waals surface area contributed by atoms with Crippen LogP contribution in [0.5, 0.6) is 11.8 Å². The van der Waals surface area contributed by atoms with Crippen LogP contribution in [-0.4, -0.2) is 15.0 Å². The Morgan fingerprint density at radius 3 is 2.76 bits per heavy atom. The van der Waals surface area contributed by atoms with Crippen molar-refractivity contribution < 1.29 is 4.74 Å². The van der Waals surface area contributed by atoms with E-state index in [2.05, 4.69) is 32.9 Å². The van der Waals surface area contributed by atoms with Crippen LogP contribution in [-0.2, 0) is 6.54 Å². The van der Waals surface area contributed by atoms with Crippen LogP contribution >= 0.6 is 12.6 Å². The van der Waals surface area contributed by atoms with Gasteiger partial charge in [-0.05, 0) is 36.6 Å². The first-order valence-electron chi connectivity index (χ1n) is 8.25. The lowest BCUT2D eigenvalue weighted by Gasteiger charge is -2.11. The van der Waals surface area contributed by atoms with Crippen molar-refractivity contribution in [2.24, 2.45) is 0 Å². The Hall–Kier alpha value is -2.60. The molecule has 0 atom stereocenters. The molecule has 0 unspecified atom stereocenters.